The van der Waals surface area contributed by atoms with E-state index >= 15 is 0 Å². The molecule has 110 valence electrons. The molecule has 1 aliphatic heterocycles. The van der Waals surface area contributed by atoms with Gasteiger partial charge in [-0.15, -0.1) is 0 Å². The summed E-state index contributed by atoms with van der Waals surface area (Å²) in [4.78, 5) is 12.3. The van der Waals surface area contributed by atoms with Crippen LogP contribution in [0, 0.1) is 11.7 Å². The van der Waals surface area contributed by atoms with E-state index in [4.69, 9.17) is 4.74 Å². The third kappa shape index (κ3) is 3.28. The van der Waals surface area contributed by atoms with Crippen LogP contribution in [-0.2, 0) is 4.74 Å². The summed E-state index contributed by atoms with van der Waals surface area (Å²) < 4.78 is 19.1. The van der Waals surface area contributed by atoms with Crippen molar-refractivity contribution < 1.29 is 13.9 Å². The molecule has 0 spiro atoms. The lowest BCUT2D eigenvalue weighted by Gasteiger charge is -2.20. The van der Waals surface area contributed by atoms with E-state index in [9.17, 15) is 9.18 Å². The lowest BCUT2D eigenvalue weighted by Crippen LogP contribution is -2.38. The summed E-state index contributed by atoms with van der Waals surface area (Å²) in [5.41, 5.74) is 0.611. The highest BCUT2D eigenvalue weighted by Gasteiger charge is 2.25. The molecule has 2 unspecified atom stereocenters. The standard InChI is InChI=1S/C15H21FN2O2/c1-3-17-14-12(5-4-6-13(14)16)15(19)18-10(2)11-7-8-20-9-11/h4-6,10-11,17H,3,7-9H2,1-2H3,(H,18,19). The Kier molecular flexibility index (Phi) is 4.95. The first-order valence-corrected chi connectivity index (χ1v) is 7.04. The first kappa shape index (κ1) is 14.8. The third-order valence-corrected chi connectivity index (χ3v) is 3.64. The molecule has 2 N–H and O–H groups in total. The molecule has 20 heavy (non-hydrogen) atoms. The molecule has 1 fully saturated rings. The van der Waals surface area contributed by atoms with Crippen molar-refractivity contribution in [2.75, 3.05) is 25.1 Å². The molecule has 0 radical (unpaired) electrons. The quantitative estimate of drug-likeness (QED) is 0.871. The zero-order chi connectivity index (χ0) is 14.5. The normalized spacial score (nSPS) is 19.6. The van der Waals surface area contributed by atoms with E-state index in [1.165, 1.54) is 6.07 Å². The van der Waals surface area contributed by atoms with E-state index in [2.05, 4.69) is 10.6 Å². The molecular weight excluding hydrogens is 259 g/mol. The zero-order valence-electron chi connectivity index (χ0n) is 11.9. The summed E-state index contributed by atoms with van der Waals surface area (Å²) in [6, 6.07) is 4.55. The number of benzene rings is 1. The van der Waals surface area contributed by atoms with Crippen molar-refractivity contribution in [2.24, 2.45) is 5.92 Å². The number of amides is 1. The number of carbonyl (C=O) groups excluding carboxylic acids is 1. The molecule has 1 saturated heterocycles. The van der Waals surface area contributed by atoms with Crippen LogP contribution in [0.4, 0.5) is 10.1 Å². The fraction of sp³-hybridized carbons (Fsp3) is 0.533. The minimum absolute atomic E-state index is 0.0164. The van der Waals surface area contributed by atoms with E-state index in [1.807, 2.05) is 13.8 Å². The number of rotatable bonds is 5. The summed E-state index contributed by atoms with van der Waals surface area (Å²) in [6.07, 6.45) is 0.949. The highest BCUT2D eigenvalue weighted by molar-refractivity contribution is 5.99. The summed E-state index contributed by atoms with van der Waals surface area (Å²) in [5.74, 6) is -0.328. The lowest BCUT2D eigenvalue weighted by atomic mass is 10.00. The van der Waals surface area contributed by atoms with Crippen LogP contribution in [0.15, 0.2) is 18.2 Å². The molecule has 1 heterocycles. The summed E-state index contributed by atoms with van der Waals surface area (Å²) >= 11 is 0. The largest absolute Gasteiger partial charge is 0.382 e. The molecule has 0 aromatic heterocycles. The van der Waals surface area contributed by atoms with Crippen molar-refractivity contribution in [1.82, 2.24) is 5.32 Å². The van der Waals surface area contributed by atoms with Gasteiger partial charge in [0, 0.05) is 25.1 Å². The Labute approximate surface area is 118 Å². The molecule has 1 amide bonds. The van der Waals surface area contributed by atoms with Crippen LogP contribution in [0.25, 0.3) is 0 Å². The molecule has 4 nitrogen and oxygen atoms in total. The summed E-state index contributed by atoms with van der Waals surface area (Å²) in [7, 11) is 0. The highest BCUT2D eigenvalue weighted by atomic mass is 19.1. The van der Waals surface area contributed by atoms with Crippen molar-refractivity contribution in [2.45, 2.75) is 26.3 Å². The molecule has 0 aliphatic carbocycles. The van der Waals surface area contributed by atoms with Gasteiger partial charge in [0.05, 0.1) is 17.9 Å². The minimum atomic E-state index is -0.406. The maximum absolute atomic E-state index is 13.8. The fourth-order valence-corrected chi connectivity index (χ4v) is 2.42. The smallest absolute Gasteiger partial charge is 0.253 e. The Morgan fingerprint density at radius 3 is 3.00 bits per heavy atom. The Hall–Kier alpha value is -1.62. The van der Waals surface area contributed by atoms with E-state index in [-0.39, 0.29) is 17.6 Å². The van der Waals surface area contributed by atoms with Crippen LogP contribution in [0.2, 0.25) is 0 Å². The van der Waals surface area contributed by atoms with Gasteiger partial charge in [-0.25, -0.2) is 4.39 Å². The fourth-order valence-electron chi connectivity index (χ4n) is 2.42. The lowest BCUT2D eigenvalue weighted by molar-refractivity contribution is 0.0922. The van der Waals surface area contributed by atoms with Crippen LogP contribution >= 0.6 is 0 Å². The van der Waals surface area contributed by atoms with Crippen LogP contribution < -0.4 is 10.6 Å². The number of carbonyl (C=O) groups is 1. The van der Waals surface area contributed by atoms with Gasteiger partial charge in [0.25, 0.3) is 5.91 Å². The number of nitrogens with one attached hydrogen (secondary N) is 2. The Morgan fingerprint density at radius 1 is 1.55 bits per heavy atom. The number of para-hydroxylation sites is 1. The second kappa shape index (κ2) is 6.70. The van der Waals surface area contributed by atoms with Gasteiger partial charge in [-0.3, -0.25) is 4.79 Å². The first-order chi connectivity index (χ1) is 9.63. The SMILES string of the molecule is CCNc1c(F)cccc1C(=O)NC(C)C1CCOC1. The molecule has 2 rings (SSSR count). The van der Waals surface area contributed by atoms with Gasteiger partial charge in [-0.1, -0.05) is 6.07 Å². The first-order valence-electron chi connectivity index (χ1n) is 7.04. The molecule has 1 aliphatic rings. The highest BCUT2D eigenvalue weighted by Crippen LogP contribution is 2.21. The molecule has 0 bridgehead atoms. The Bertz CT molecular complexity index is 473. The van der Waals surface area contributed by atoms with Crippen LogP contribution in [0.1, 0.15) is 30.6 Å². The van der Waals surface area contributed by atoms with Crippen LogP contribution in [0.3, 0.4) is 0 Å². The minimum Gasteiger partial charge on any atom is -0.382 e. The average Bonchev–Trinajstić information content (AvgIpc) is 2.95. The summed E-state index contributed by atoms with van der Waals surface area (Å²) in [5, 5.41) is 5.85. The molecule has 0 saturated carbocycles. The van der Waals surface area contributed by atoms with Crippen LogP contribution in [0.5, 0.6) is 0 Å². The average molecular weight is 280 g/mol. The number of hydrogen-bond donors (Lipinski definition) is 2. The Morgan fingerprint density at radius 2 is 2.35 bits per heavy atom. The zero-order valence-corrected chi connectivity index (χ0v) is 11.9. The molecule has 1 aromatic carbocycles. The van der Waals surface area contributed by atoms with Gasteiger partial charge in [0.15, 0.2) is 0 Å². The van der Waals surface area contributed by atoms with Gasteiger partial charge in [0.2, 0.25) is 0 Å². The number of ether oxygens (including phenoxy) is 1. The molecule has 1 aromatic rings. The topological polar surface area (TPSA) is 50.4 Å². The predicted octanol–water partition coefficient (Wildman–Crippen LogP) is 2.41. The maximum Gasteiger partial charge on any atom is 0.253 e. The van der Waals surface area contributed by atoms with E-state index < -0.39 is 5.82 Å². The second-order valence-electron chi connectivity index (χ2n) is 5.08. The maximum atomic E-state index is 13.8. The second-order valence-corrected chi connectivity index (χ2v) is 5.08. The third-order valence-electron chi connectivity index (χ3n) is 3.64. The van der Waals surface area contributed by atoms with E-state index in [0.717, 1.165) is 13.0 Å². The number of halogens is 1. The van der Waals surface area contributed by atoms with Crippen molar-refractivity contribution in [1.29, 1.82) is 0 Å². The van der Waals surface area contributed by atoms with Crippen molar-refractivity contribution in [3.63, 3.8) is 0 Å². The van der Waals surface area contributed by atoms with Gasteiger partial charge in [-0.05, 0) is 32.4 Å². The number of anilines is 1. The molecular formula is C15H21FN2O2. The predicted molar refractivity (Wildman–Crippen MR) is 76.4 cm³/mol. The molecule has 5 heteroatoms. The van der Waals surface area contributed by atoms with Gasteiger partial charge in [0.1, 0.15) is 5.82 Å². The van der Waals surface area contributed by atoms with Crippen LogP contribution in [-0.4, -0.2) is 31.7 Å². The number of hydrogen-bond acceptors (Lipinski definition) is 3. The van der Waals surface area contributed by atoms with E-state index in [0.29, 0.717) is 24.6 Å². The summed E-state index contributed by atoms with van der Waals surface area (Å²) in [6.45, 7) is 5.81. The van der Waals surface area contributed by atoms with Gasteiger partial charge >= 0.3 is 0 Å². The van der Waals surface area contributed by atoms with Gasteiger partial charge in [-0.2, -0.15) is 0 Å². The monoisotopic (exact) mass is 280 g/mol. The van der Waals surface area contributed by atoms with Crippen molar-refractivity contribution >= 4 is 11.6 Å². The van der Waals surface area contributed by atoms with Crippen molar-refractivity contribution in [3.05, 3.63) is 29.6 Å². The van der Waals surface area contributed by atoms with Crippen molar-refractivity contribution in [3.8, 4) is 0 Å². The van der Waals surface area contributed by atoms with E-state index in [1.54, 1.807) is 12.1 Å². The Balaban J connectivity index is 2.10. The molecule has 2 atom stereocenters. The van der Waals surface area contributed by atoms with Gasteiger partial charge < -0.3 is 15.4 Å².